The van der Waals surface area contributed by atoms with Crippen LogP contribution in [-0.2, 0) is 4.74 Å². The molecule has 1 N–H and O–H groups in total. The van der Waals surface area contributed by atoms with Gasteiger partial charge in [0, 0.05) is 0 Å². The Balaban J connectivity index is 2.72. The number of aromatic amines is 1. The van der Waals surface area contributed by atoms with E-state index in [2.05, 4.69) is 14.9 Å². The van der Waals surface area contributed by atoms with Gasteiger partial charge in [-0.1, -0.05) is 0 Å². The summed E-state index contributed by atoms with van der Waals surface area (Å²) in [5.41, 5.74) is 0.637. The van der Waals surface area contributed by atoms with Crippen molar-refractivity contribution in [2.45, 2.75) is 0 Å². The second kappa shape index (κ2) is 3.10. The van der Waals surface area contributed by atoms with E-state index in [1.807, 2.05) is 0 Å². The Morgan fingerprint density at radius 3 is 3.07 bits per heavy atom. The third-order valence-electron chi connectivity index (χ3n) is 1.97. The van der Waals surface area contributed by atoms with Gasteiger partial charge in [-0.3, -0.25) is 5.10 Å². The second-order valence-corrected chi connectivity index (χ2v) is 2.75. The Kier molecular flexibility index (Phi) is 1.92. The maximum absolute atomic E-state index is 13.2. The van der Waals surface area contributed by atoms with Crippen LogP contribution in [0.1, 0.15) is 10.4 Å². The zero-order valence-electron chi connectivity index (χ0n) is 7.37. The minimum atomic E-state index is -0.515. The molecule has 0 bridgehead atoms. The number of aromatic nitrogens is 2. The number of rotatable bonds is 1. The molecule has 0 saturated carbocycles. The van der Waals surface area contributed by atoms with Crippen LogP contribution in [0.5, 0.6) is 0 Å². The molecule has 1 aromatic carbocycles. The number of nitrogens with one attached hydrogen (secondary N) is 1. The topological polar surface area (TPSA) is 55.0 Å². The van der Waals surface area contributed by atoms with Gasteiger partial charge in [0.25, 0.3) is 0 Å². The SMILES string of the molecule is COC(=O)c1ccc(F)c2cn[nH]c12. The van der Waals surface area contributed by atoms with E-state index in [4.69, 9.17) is 0 Å². The number of hydrogen-bond donors (Lipinski definition) is 1. The molecule has 0 atom stereocenters. The minimum absolute atomic E-state index is 0.279. The summed E-state index contributed by atoms with van der Waals surface area (Å²) in [5.74, 6) is -0.930. The molecule has 1 heterocycles. The van der Waals surface area contributed by atoms with E-state index in [0.29, 0.717) is 5.52 Å². The van der Waals surface area contributed by atoms with Crippen molar-refractivity contribution < 1.29 is 13.9 Å². The average Bonchev–Trinajstić information content (AvgIpc) is 2.67. The number of esters is 1. The van der Waals surface area contributed by atoms with Gasteiger partial charge in [-0.15, -0.1) is 0 Å². The van der Waals surface area contributed by atoms with Crippen LogP contribution in [0.2, 0.25) is 0 Å². The fourth-order valence-electron chi connectivity index (χ4n) is 1.28. The molecule has 0 aliphatic rings. The molecule has 0 aliphatic heterocycles. The van der Waals surface area contributed by atoms with Gasteiger partial charge in [0.05, 0.1) is 29.8 Å². The number of fused-ring (bicyclic) bond motifs is 1. The molecule has 0 amide bonds. The number of methoxy groups -OCH3 is 1. The number of ether oxygens (including phenoxy) is 1. The van der Waals surface area contributed by atoms with Crippen LogP contribution in [0.3, 0.4) is 0 Å². The first kappa shape index (κ1) is 8.68. The lowest BCUT2D eigenvalue weighted by Gasteiger charge is -2.00. The van der Waals surface area contributed by atoms with Crippen molar-refractivity contribution in [1.82, 2.24) is 10.2 Å². The normalized spacial score (nSPS) is 10.4. The molecule has 2 aromatic rings. The summed E-state index contributed by atoms with van der Waals surface area (Å²) < 4.78 is 17.7. The molecule has 14 heavy (non-hydrogen) atoms. The molecule has 0 radical (unpaired) electrons. The van der Waals surface area contributed by atoms with Crippen LogP contribution in [0, 0.1) is 5.82 Å². The number of halogens is 1. The van der Waals surface area contributed by atoms with E-state index in [1.54, 1.807) is 0 Å². The van der Waals surface area contributed by atoms with Crippen LogP contribution >= 0.6 is 0 Å². The van der Waals surface area contributed by atoms with Crippen LogP contribution in [-0.4, -0.2) is 23.3 Å². The standard InChI is InChI=1S/C9H7FN2O2/c1-14-9(13)5-2-3-7(10)6-4-11-12-8(5)6/h2-4H,1H3,(H,11,12). The first-order chi connectivity index (χ1) is 6.74. The number of benzene rings is 1. The first-order valence-corrected chi connectivity index (χ1v) is 3.94. The van der Waals surface area contributed by atoms with E-state index in [0.717, 1.165) is 0 Å². The van der Waals surface area contributed by atoms with E-state index < -0.39 is 11.8 Å². The van der Waals surface area contributed by atoms with E-state index >= 15 is 0 Å². The van der Waals surface area contributed by atoms with Crippen molar-refractivity contribution in [3.63, 3.8) is 0 Å². The molecular weight excluding hydrogens is 187 g/mol. The molecule has 5 heteroatoms. The largest absolute Gasteiger partial charge is 0.465 e. The Morgan fingerprint density at radius 2 is 2.36 bits per heavy atom. The molecule has 0 aliphatic carbocycles. The molecule has 1 aromatic heterocycles. The summed E-state index contributed by atoms with van der Waals surface area (Å²) in [7, 11) is 1.27. The maximum Gasteiger partial charge on any atom is 0.340 e. The molecule has 72 valence electrons. The highest BCUT2D eigenvalue weighted by Gasteiger charge is 2.13. The molecule has 0 fully saturated rings. The predicted octanol–water partition coefficient (Wildman–Crippen LogP) is 1.49. The summed E-state index contributed by atoms with van der Waals surface area (Å²) in [6, 6.07) is 2.58. The summed E-state index contributed by atoms with van der Waals surface area (Å²) >= 11 is 0. The summed E-state index contributed by atoms with van der Waals surface area (Å²) in [6.07, 6.45) is 1.33. The smallest absolute Gasteiger partial charge is 0.340 e. The van der Waals surface area contributed by atoms with Crippen molar-refractivity contribution in [1.29, 1.82) is 0 Å². The van der Waals surface area contributed by atoms with Gasteiger partial charge in [-0.05, 0) is 12.1 Å². The highest BCUT2D eigenvalue weighted by Crippen LogP contribution is 2.19. The number of nitrogens with zero attached hydrogens (tertiary/aromatic N) is 1. The third kappa shape index (κ3) is 1.14. The van der Waals surface area contributed by atoms with E-state index in [1.165, 1.54) is 25.4 Å². The molecule has 4 nitrogen and oxygen atoms in total. The average molecular weight is 194 g/mol. The van der Waals surface area contributed by atoms with Gasteiger partial charge in [0.2, 0.25) is 0 Å². The van der Waals surface area contributed by atoms with Gasteiger partial charge in [-0.25, -0.2) is 9.18 Å². The molecule has 0 spiro atoms. The lowest BCUT2D eigenvalue weighted by atomic mass is 10.1. The summed E-state index contributed by atoms with van der Waals surface area (Å²) in [5, 5.41) is 6.51. The highest BCUT2D eigenvalue weighted by atomic mass is 19.1. The van der Waals surface area contributed by atoms with Gasteiger partial charge in [-0.2, -0.15) is 5.10 Å². The van der Waals surface area contributed by atoms with Crippen LogP contribution in [0.25, 0.3) is 10.9 Å². The monoisotopic (exact) mass is 194 g/mol. The Labute approximate surface area is 78.7 Å². The van der Waals surface area contributed by atoms with Crippen LogP contribution < -0.4 is 0 Å². The summed E-state index contributed by atoms with van der Waals surface area (Å²) in [4.78, 5) is 11.2. The quantitative estimate of drug-likeness (QED) is 0.699. The first-order valence-electron chi connectivity index (χ1n) is 3.94. The number of hydrogen-bond acceptors (Lipinski definition) is 3. The zero-order chi connectivity index (χ0) is 10.1. The second-order valence-electron chi connectivity index (χ2n) is 2.75. The molecule has 0 unspecified atom stereocenters. The van der Waals surface area contributed by atoms with Crippen molar-refractivity contribution in [2.75, 3.05) is 7.11 Å². The van der Waals surface area contributed by atoms with Gasteiger partial charge in [0.15, 0.2) is 0 Å². The van der Waals surface area contributed by atoms with E-state index in [9.17, 15) is 9.18 Å². The number of carbonyl (C=O) groups excluding carboxylic acids is 1. The molecular formula is C9H7FN2O2. The van der Waals surface area contributed by atoms with E-state index in [-0.39, 0.29) is 10.9 Å². The van der Waals surface area contributed by atoms with Crippen molar-refractivity contribution in [3.8, 4) is 0 Å². The Morgan fingerprint density at radius 1 is 1.57 bits per heavy atom. The predicted molar refractivity (Wildman–Crippen MR) is 47.4 cm³/mol. The fourth-order valence-corrected chi connectivity index (χ4v) is 1.28. The Hall–Kier alpha value is -1.91. The van der Waals surface area contributed by atoms with Gasteiger partial charge >= 0.3 is 5.97 Å². The van der Waals surface area contributed by atoms with Crippen molar-refractivity contribution in [2.24, 2.45) is 0 Å². The minimum Gasteiger partial charge on any atom is -0.465 e. The lowest BCUT2D eigenvalue weighted by Crippen LogP contribution is -2.02. The van der Waals surface area contributed by atoms with Gasteiger partial charge in [0.1, 0.15) is 5.82 Å². The molecule has 0 saturated heterocycles. The number of carbonyl (C=O) groups is 1. The number of H-pyrrole nitrogens is 1. The summed E-state index contributed by atoms with van der Waals surface area (Å²) in [6.45, 7) is 0. The van der Waals surface area contributed by atoms with Crippen LogP contribution in [0.15, 0.2) is 18.3 Å². The maximum atomic E-state index is 13.2. The third-order valence-corrected chi connectivity index (χ3v) is 1.97. The van der Waals surface area contributed by atoms with Gasteiger partial charge < -0.3 is 4.74 Å². The zero-order valence-corrected chi connectivity index (χ0v) is 7.37. The highest BCUT2D eigenvalue weighted by molar-refractivity contribution is 6.02. The van der Waals surface area contributed by atoms with Crippen molar-refractivity contribution in [3.05, 3.63) is 29.7 Å². The molecule has 2 rings (SSSR count). The lowest BCUT2D eigenvalue weighted by molar-refractivity contribution is 0.0602. The Bertz CT molecular complexity index is 493. The fraction of sp³-hybridized carbons (Fsp3) is 0.111. The van der Waals surface area contributed by atoms with Crippen molar-refractivity contribution >= 4 is 16.9 Å². The van der Waals surface area contributed by atoms with Crippen LogP contribution in [0.4, 0.5) is 4.39 Å².